The number of ether oxygens (including phenoxy) is 1. The molecule has 0 aliphatic carbocycles. The molecule has 27 heavy (non-hydrogen) atoms. The molecule has 2 aromatic rings. The second kappa shape index (κ2) is 7.57. The summed E-state index contributed by atoms with van der Waals surface area (Å²) in [5.74, 6) is -0.349. The Kier molecular flexibility index (Phi) is 5.55. The third-order valence-corrected chi connectivity index (χ3v) is 6.09. The largest absolute Gasteiger partial charge is 0.370 e. The van der Waals surface area contributed by atoms with E-state index in [-0.39, 0.29) is 18.1 Å². The molecule has 0 bridgehead atoms. The molecular weight excluding hydrogens is 368 g/mol. The zero-order valence-electron chi connectivity index (χ0n) is 16.0. The van der Waals surface area contributed by atoms with Crippen molar-refractivity contribution in [3.05, 3.63) is 31.3 Å². The third kappa shape index (κ3) is 3.85. The molecule has 0 unspecified atom stereocenters. The van der Waals surface area contributed by atoms with E-state index >= 15 is 0 Å². The molecule has 0 aromatic carbocycles. The zero-order chi connectivity index (χ0) is 19.8. The van der Waals surface area contributed by atoms with Crippen molar-refractivity contribution < 1.29 is 9.53 Å². The van der Waals surface area contributed by atoms with Gasteiger partial charge in [0.1, 0.15) is 11.4 Å². The Morgan fingerprint density at radius 2 is 2.07 bits per heavy atom. The summed E-state index contributed by atoms with van der Waals surface area (Å²) in [6, 6.07) is 0. The van der Waals surface area contributed by atoms with Gasteiger partial charge in [0, 0.05) is 24.9 Å². The van der Waals surface area contributed by atoms with Gasteiger partial charge in [0.15, 0.2) is 0 Å². The van der Waals surface area contributed by atoms with Crippen molar-refractivity contribution in [1.29, 1.82) is 0 Å². The Labute approximate surface area is 160 Å². The van der Waals surface area contributed by atoms with Crippen LogP contribution in [0.3, 0.4) is 0 Å². The van der Waals surface area contributed by atoms with Crippen LogP contribution < -0.4 is 22.3 Å². The second-order valence-electron chi connectivity index (χ2n) is 7.49. The lowest BCUT2D eigenvalue weighted by atomic mass is 9.94. The number of unbranched alkanes of at least 4 members (excludes halogenated alkanes) is 1. The Hall–Kier alpha value is -1.97. The highest BCUT2D eigenvalue weighted by Gasteiger charge is 2.31. The predicted octanol–water partition coefficient (Wildman–Crippen LogP) is 0.468. The van der Waals surface area contributed by atoms with Crippen molar-refractivity contribution in [3.63, 3.8) is 0 Å². The predicted molar refractivity (Wildman–Crippen MR) is 105 cm³/mol. The van der Waals surface area contributed by atoms with E-state index in [9.17, 15) is 14.4 Å². The minimum Gasteiger partial charge on any atom is -0.370 e. The summed E-state index contributed by atoms with van der Waals surface area (Å²) in [5.41, 5.74) is 5.11. The van der Waals surface area contributed by atoms with Gasteiger partial charge < -0.3 is 15.8 Å². The van der Waals surface area contributed by atoms with Crippen LogP contribution in [-0.2, 0) is 36.2 Å². The standard InChI is InChI=1S/C18H26N4O4S/c1-18(2)8-11-12(10-26-18)27-16-14(11)15(24)22(17(25)21(16)3)9-13(23)20-7-5-4-6-19/h4-10,19H2,1-3H3,(H,20,23). The van der Waals surface area contributed by atoms with Crippen LogP contribution in [-0.4, -0.2) is 33.7 Å². The van der Waals surface area contributed by atoms with Crippen LogP contribution in [0.4, 0.5) is 0 Å². The fraction of sp³-hybridized carbons (Fsp3) is 0.611. The summed E-state index contributed by atoms with van der Waals surface area (Å²) in [5, 5.41) is 3.27. The van der Waals surface area contributed by atoms with Gasteiger partial charge in [-0.1, -0.05) is 0 Å². The molecule has 3 N–H and O–H groups in total. The number of aromatic nitrogens is 2. The molecule has 0 saturated heterocycles. The number of nitrogens with two attached hydrogens (primary N) is 1. The van der Waals surface area contributed by atoms with Gasteiger partial charge >= 0.3 is 5.69 Å². The monoisotopic (exact) mass is 394 g/mol. The fourth-order valence-corrected chi connectivity index (χ4v) is 4.50. The van der Waals surface area contributed by atoms with E-state index in [2.05, 4.69) is 5.32 Å². The molecule has 1 aliphatic heterocycles. The lowest BCUT2D eigenvalue weighted by molar-refractivity contribution is -0.121. The minimum absolute atomic E-state index is 0.283. The van der Waals surface area contributed by atoms with Crippen LogP contribution in [0.1, 0.15) is 37.1 Å². The molecule has 1 aliphatic rings. The first kappa shape index (κ1) is 19.8. The molecular formula is C18H26N4O4S. The number of nitrogens with one attached hydrogen (secondary N) is 1. The maximum absolute atomic E-state index is 13.1. The van der Waals surface area contributed by atoms with Crippen molar-refractivity contribution in [2.45, 2.75) is 51.9 Å². The van der Waals surface area contributed by atoms with Gasteiger partial charge in [0.2, 0.25) is 5.91 Å². The summed E-state index contributed by atoms with van der Waals surface area (Å²) >= 11 is 1.41. The van der Waals surface area contributed by atoms with Crippen LogP contribution in [0.25, 0.3) is 10.2 Å². The van der Waals surface area contributed by atoms with E-state index in [4.69, 9.17) is 10.5 Å². The molecule has 3 rings (SSSR count). The van der Waals surface area contributed by atoms with Crippen LogP contribution in [0.5, 0.6) is 0 Å². The molecule has 0 saturated carbocycles. The molecule has 1 amide bonds. The number of carbonyl (C=O) groups is 1. The van der Waals surface area contributed by atoms with Gasteiger partial charge in [-0.25, -0.2) is 4.79 Å². The van der Waals surface area contributed by atoms with Crippen LogP contribution >= 0.6 is 11.3 Å². The number of fused-ring (bicyclic) bond motifs is 3. The van der Waals surface area contributed by atoms with E-state index in [0.717, 1.165) is 27.8 Å². The smallest absolute Gasteiger partial charge is 0.332 e. The number of nitrogens with zero attached hydrogens (tertiary/aromatic N) is 2. The molecule has 0 spiro atoms. The van der Waals surface area contributed by atoms with Crippen molar-refractivity contribution in [2.75, 3.05) is 13.1 Å². The Morgan fingerprint density at radius 3 is 2.78 bits per heavy atom. The molecule has 0 fully saturated rings. The average Bonchev–Trinajstić information content (AvgIpc) is 2.98. The fourth-order valence-electron chi connectivity index (χ4n) is 3.32. The quantitative estimate of drug-likeness (QED) is 0.693. The van der Waals surface area contributed by atoms with E-state index in [1.165, 1.54) is 15.9 Å². The maximum Gasteiger partial charge on any atom is 0.332 e. The number of hydrogen-bond acceptors (Lipinski definition) is 6. The van der Waals surface area contributed by atoms with Crippen LogP contribution in [0.15, 0.2) is 9.59 Å². The van der Waals surface area contributed by atoms with Crippen LogP contribution in [0, 0.1) is 0 Å². The lowest BCUT2D eigenvalue weighted by Crippen LogP contribution is -2.43. The zero-order valence-corrected chi connectivity index (χ0v) is 16.8. The number of thiophene rings is 1. The summed E-state index contributed by atoms with van der Waals surface area (Å²) < 4.78 is 8.31. The average molecular weight is 394 g/mol. The normalized spacial score (nSPS) is 15.7. The van der Waals surface area contributed by atoms with Gasteiger partial charge in [0.05, 0.1) is 17.6 Å². The molecule has 3 heterocycles. The Bertz CT molecular complexity index is 986. The van der Waals surface area contributed by atoms with Gasteiger partial charge in [-0.05, 0) is 38.8 Å². The summed E-state index contributed by atoms with van der Waals surface area (Å²) in [7, 11) is 1.63. The lowest BCUT2D eigenvalue weighted by Gasteiger charge is -2.29. The molecule has 148 valence electrons. The maximum atomic E-state index is 13.1. The SMILES string of the molecule is Cn1c(=O)n(CC(=O)NCCCCN)c(=O)c2c3c(sc21)COC(C)(C)C3. The van der Waals surface area contributed by atoms with E-state index in [0.29, 0.717) is 36.3 Å². The molecule has 0 atom stereocenters. The molecule has 9 heteroatoms. The summed E-state index contributed by atoms with van der Waals surface area (Å²) in [4.78, 5) is 39.5. The van der Waals surface area contributed by atoms with E-state index < -0.39 is 11.2 Å². The Balaban J connectivity index is 1.99. The first-order chi connectivity index (χ1) is 12.7. The first-order valence-electron chi connectivity index (χ1n) is 9.10. The first-order valence-corrected chi connectivity index (χ1v) is 9.91. The number of aryl methyl sites for hydroxylation is 1. The van der Waals surface area contributed by atoms with Crippen molar-refractivity contribution in [2.24, 2.45) is 12.8 Å². The van der Waals surface area contributed by atoms with Crippen molar-refractivity contribution >= 4 is 27.5 Å². The number of rotatable bonds is 6. The third-order valence-electron chi connectivity index (χ3n) is 4.80. The van der Waals surface area contributed by atoms with Crippen LogP contribution in [0.2, 0.25) is 0 Å². The highest BCUT2D eigenvalue weighted by atomic mass is 32.1. The van der Waals surface area contributed by atoms with E-state index in [1.54, 1.807) is 7.05 Å². The number of hydrogen-bond donors (Lipinski definition) is 2. The highest BCUT2D eigenvalue weighted by Crippen LogP contribution is 2.36. The Morgan fingerprint density at radius 1 is 1.33 bits per heavy atom. The second-order valence-corrected chi connectivity index (χ2v) is 8.57. The summed E-state index contributed by atoms with van der Waals surface area (Å²) in [6.07, 6.45) is 2.18. The van der Waals surface area contributed by atoms with Gasteiger partial charge in [-0.15, -0.1) is 11.3 Å². The van der Waals surface area contributed by atoms with Gasteiger partial charge in [0.25, 0.3) is 5.56 Å². The topological polar surface area (TPSA) is 108 Å². The highest BCUT2D eigenvalue weighted by molar-refractivity contribution is 7.18. The van der Waals surface area contributed by atoms with Crippen molar-refractivity contribution in [1.82, 2.24) is 14.5 Å². The van der Waals surface area contributed by atoms with E-state index in [1.807, 2.05) is 13.8 Å². The summed E-state index contributed by atoms with van der Waals surface area (Å²) in [6.45, 7) is 5.15. The molecule has 2 aromatic heterocycles. The minimum atomic E-state index is -0.483. The molecule has 0 radical (unpaired) electrons. The number of amides is 1. The van der Waals surface area contributed by atoms with Gasteiger partial charge in [-0.3, -0.25) is 18.7 Å². The molecule has 8 nitrogen and oxygen atoms in total. The van der Waals surface area contributed by atoms with Gasteiger partial charge in [-0.2, -0.15) is 0 Å². The number of carbonyl (C=O) groups excluding carboxylic acids is 1. The van der Waals surface area contributed by atoms with Crippen molar-refractivity contribution in [3.8, 4) is 0 Å².